The van der Waals surface area contributed by atoms with Gasteiger partial charge < -0.3 is 15.0 Å². The molecule has 19 heavy (non-hydrogen) atoms. The van der Waals surface area contributed by atoms with Crippen LogP contribution in [0.4, 0.5) is 0 Å². The van der Waals surface area contributed by atoms with Crippen LogP contribution in [0.15, 0.2) is 17.2 Å². The Hall–Kier alpha value is -1.38. The van der Waals surface area contributed by atoms with Gasteiger partial charge in [0.2, 0.25) is 10.0 Å². The molecule has 0 aliphatic heterocycles. The highest BCUT2D eigenvalue weighted by atomic mass is 32.2. The van der Waals surface area contributed by atoms with E-state index in [2.05, 4.69) is 10.3 Å². The predicted octanol–water partition coefficient (Wildman–Crippen LogP) is 0.207. The van der Waals surface area contributed by atoms with Crippen molar-refractivity contribution in [2.45, 2.75) is 30.7 Å². The Kier molecular flexibility index (Phi) is 5.52. The van der Waals surface area contributed by atoms with Crippen LogP contribution in [-0.4, -0.2) is 39.1 Å². The van der Waals surface area contributed by atoms with Crippen LogP contribution >= 0.6 is 0 Å². The number of hydrogen-bond acceptors (Lipinski definition) is 4. The molecule has 1 aromatic rings. The van der Waals surface area contributed by atoms with Gasteiger partial charge in [-0.2, -0.15) is 0 Å². The summed E-state index contributed by atoms with van der Waals surface area (Å²) < 4.78 is 27.2. The zero-order chi connectivity index (χ0) is 14.5. The first kappa shape index (κ1) is 15.7. The third kappa shape index (κ3) is 4.66. The van der Waals surface area contributed by atoms with Gasteiger partial charge in [-0.1, -0.05) is 13.3 Å². The Morgan fingerprint density at radius 1 is 1.58 bits per heavy atom. The Labute approximate surface area is 112 Å². The van der Waals surface area contributed by atoms with Crippen molar-refractivity contribution >= 4 is 15.9 Å². The van der Waals surface area contributed by atoms with E-state index in [9.17, 15) is 13.2 Å². The summed E-state index contributed by atoms with van der Waals surface area (Å²) in [4.78, 5) is 14.4. The number of methoxy groups -OCH3 is 1. The van der Waals surface area contributed by atoms with Crippen molar-refractivity contribution in [1.29, 1.82) is 0 Å². The number of amides is 1. The topological polar surface area (TPSA) is 114 Å². The van der Waals surface area contributed by atoms with Crippen molar-refractivity contribution in [3.63, 3.8) is 0 Å². The summed E-state index contributed by atoms with van der Waals surface area (Å²) in [6.07, 6.45) is 2.87. The molecule has 4 N–H and O–H groups in total. The van der Waals surface area contributed by atoms with E-state index in [0.29, 0.717) is 6.61 Å². The Bertz CT molecular complexity index is 518. The lowest BCUT2D eigenvalue weighted by Gasteiger charge is -2.16. The summed E-state index contributed by atoms with van der Waals surface area (Å²) in [5.74, 6) is -0.384. The van der Waals surface area contributed by atoms with Crippen LogP contribution in [-0.2, 0) is 14.8 Å². The number of sulfonamides is 1. The molecule has 108 valence electrons. The van der Waals surface area contributed by atoms with Gasteiger partial charge in [0, 0.05) is 13.3 Å². The maximum atomic E-state index is 11.9. The number of aromatic amines is 1. The second-order valence-corrected chi connectivity index (χ2v) is 5.77. The molecule has 0 saturated carbocycles. The first-order valence-corrected chi connectivity index (χ1v) is 7.44. The average molecular weight is 289 g/mol. The molecule has 1 aromatic heterocycles. The monoisotopic (exact) mass is 289 g/mol. The number of nitrogens with one attached hydrogen (secondary N) is 2. The molecule has 0 radical (unpaired) electrons. The van der Waals surface area contributed by atoms with E-state index < -0.39 is 10.0 Å². The van der Waals surface area contributed by atoms with Crippen molar-refractivity contribution in [3.8, 4) is 0 Å². The van der Waals surface area contributed by atoms with Crippen molar-refractivity contribution in [2.75, 3.05) is 13.7 Å². The Morgan fingerprint density at radius 2 is 2.26 bits per heavy atom. The molecular formula is C11H19N3O4S. The second kappa shape index (κ2) is 6.69. The number of rotatable bonds is 7. The third-order valence-electron chi connectivity index (χ3n) is 2.57. The fourth-order valence-corrected chi connectivity index (χ4v) is 2.19. The fourth-order valence-electron chi connectivity index (χ4n) is 1.68. The lowest BCUT2D eigenvalue weighted by molar-refractivity contribution is 0.0887. The maximum absolute atomic E-state index is 11.9. The van der Waals surface area contributed by atoms with Gasteiger partial charge in [0.25, 0.3) is 5.91 Å². The van der Waals surface area contributed by atoms with Gasteiger partial charge in [-0.25, -0.2) is 13.6 Å². The van der Waals surface area contributed by atoms with E-state index in [1.54, 1.807) is 7.11 Å². The van der Waals surface area contributed by atoms with Gasteiger partial charge in [-0.15, -0.1) is 0 Å². The number of hydrogen-bond donors (Lipinski definition) is 3. The number of primary sulfonamides is 1. The standard InChI is InChI=1S/C11H19N3O4S/c1-3-4-8(7-18-2)14-11(15)10-5-9(6-13-10)19(12,16)17/h5-6,8,13H,3-4,7H2,1-2H3,(H,14,15)(H2,12,16,17). The SMILES string of the molecule is CCCC(COC)NC(=O)c1cc(S(N)(=O)=O)c[nH]1. The van der Waals surface area contributed by atoms with Crippen LogP contribution in [0.1, 0.15) is 30.3 Å². The first-order valence-electron chi connectivity index (χ1n) is 5.89. The number of nitrogens with two attached hydrogens (primary N) is 1. The van der Waals surface area contributed by atoms with Crippen molar-refractivity contribution in [3.05, 3.63) is 18.0 Å². The molecular weight excluding hydrogens is 270 g/mol. The van der Waals surface area contributed by atoms with Crippen LogP contribution in [0, 0.1) is 0 Å². The minimum Gasteiger partial charge on any atom is -0.383 e. The molecule has 1 atom stereocenters. The van der Waals surface area contributed by atoms with Crippen LogP contribution in [0.2, 0.25) is 0 Å². The number of carbonyl (C=O) groups is 1. The summed E-state index contributed by atoms with van der Waals surface area (Å²) in [6, 6.07) is 1.10. The van der Waals surface area contributed by atoms with Gasteiger partial charge in [0.05, 0.1) is 17.5 Å². The summed E-state index contributed by atoms with van der Waals surface area (Å²) in [5.41, 5.74) is 0.154. The molecule has 0 aliphatic carbocycles. The lowest BCUT2D eigenvalue weighted by Crippen LogP contribution is -2.38. The van der Waals surface area contributed by atoms with Gasteiger partial charge in [-0.05, 0) is 12.5 Å². The lowest BCUT2D eigenvalue weighted by atomic mass is 10.2. The number of carbonyl (C=O) groups excluding carboxylic acids is 1. The molecule has 1 amide bonds. The van der Waals surface area contributed by atoms with Crippen LogP contribution in [0.25, 0.3) is 0 Å². The van der Waals surface area contributed by atoms with Crippen LogP contribution < -0.4 is 10.5 Å². The zero-order valence-electron chi connectivity index (χ0n) is 11.0. The molecule has 0 spiro atoms. The summed E-state index contributed by atoms with van der Waals surface area (Å²) in [7, 11) is -2.24. The van der Waals surface area contributed by atoms with Crippen molar-refractivity contribution in [2.24, 2.45) is 5.14 Å². The predicted molar refractivity (Wildman–Crippen MR) is 70.2 cm³/mol. The zero-order valence-corrected chi connectivity index (χ0v) is 11.8. The highest BCUT2D eigenvalue weighted by Crippen LogP contribution is 2.09. The average Bonchev–Trinajstić information content (AvgIpc) is 2.78. The van der Waals surface area contributed by atoms with E-state index >= 15 is 0 Å². The molecule has 0 saturated heterocycles. The van der Waals surface area contributed by atoms with E-state index in [1.807, 2.05) is 6.92 Å². The molecule has 8 heteroatoms. The molecule has 0 bridgehead atoms. The van der Waals surface area contributed by atoms with E-state index in [0.717, 1.165) is 12.8 Å². The molecule has 0 aromatic carbocycles. The Morgan fingerprint density at radius 3 is 2.74 bits per heavy atom. The second-order valence-electron chi connectivity index (χ2n) is 4.21. The normalized spacial score (nSPS) is 13.2. The molecule has 1 rings (SSSR count). The van der Waals surface area contributed by atoms with Gasteiger partial charge in [0.1, 0.15) is 5.69 Å². The number of ether oxygens (including phenoxy) is 1. The number of aromatic nitrogens is 1. The third-order valence-corrected chi connectivity index (χ3v) is 3.46. The molecule has 7 nitrogen and oxygen atoms in total. The summed E-state index contributed by atoms with van der Waals surface area (Å²) in [5, 5.41) is 7.74. The van der Waals surface area contributed by atoms with Crippen molar-refractivity contribution in [1.82, 2.24) is 10.3 Å². The molecule has 0 fully saturated rings. The van der Waals surface area contributed by atoms with Crippen LogP contribution in [0.5, 0.6) is 0 Å². The van der Waals surface area contributed by atoms with Crippen LogP contribution in [0.3, 0.4) is 0 Å². The molecule has 1 unspecified atom stereocenters. The van der Waals surface area contributed by atoms with Gasteiger partial charge in [-0.3, -0.25) is 4.79 Å². The molecule has 1 heterocycles. The minimum atomic E-state index is -3.80. The van der Waals surface area contributed by atoms with Gasteiger partial charge >= 0.3 is 0 Å². The highest BCUT2D eigenvalue weighted by molar-refractivity contribution is 7.89. The maximum Gasteiger partial charge on any atom is 0.268 e. The van der Waals surface area contributed by atoms with E-state index in [4.69, 9.17) is 9.88 Å². The smallest absolute Gasteiger partial charge is 0.268 e. The molecule has 0 aliphatic rings. The van der Waals surface area contributed by atoms with E-state index in [-0.39, 0.29) is 22.5 Å². The first-order chi connectivity index (χ1) is 8.88. The minimum absolute atomic E-state index is 0.108. The summed E-state index contributed by atoms with van der Waals surface area (Å²) >= 11 is 0. The quantitative estimate of drug-likeness (QED) is 0.665. The largest absolute Gasteiger partial charge is 0.383 e. The van der Waals surface area contributed by atoms with Gasteiger partial charge in [0.15, 0.2) is 0 Å². The Balaban J connectivity index is 2.74. The highest BCUT2D eigenvalue weighted by Gasteiger charge is 2.17. The van der Waals surface area contributed by atoms with Crippen molar-refractivity contribution < 1.29 is 17.9 Å². The number of H-pyrrole nitrogens is 1. The summed E-state index contributed by atoms with van der Waals surface area (Å²) in [6.45, 7) is 2.41. The van der Waals surface area contributed by atoms with E-state index in [1.165, 1.54) is 12.3 Å². The fraction of sp³-hybridized carbons (Fsp3) is 0.545.